The van der Waals surface area contributed by atoms with Crippen LogP contribution in [0.1, 0.15) is 213 Å². The van der Waals surface area contributed by atoms with Crippen LogP contribution in [0.2, 0.25) is 0 Å². The molecule has 0 heterocycles. The number of nitrogens with one attached hydrogen (secondary N) is 1. The summed E-state index contributed by atoms with van der Waals surface area (Å²) in [6.07, 6.45) is 51.0. The number of unbranched alkanes of at least 4 members (excludes halogenated alkanes) is 23. The molecule has 0 saturated carbocycles. The third-order valence-electron chi connectivity index (χ3n) is 9.81. The highest BCUT2D eigenvalue weighted by molar-refractivity contribution is 5.76. The molecule has 0 aromatic heterocycles. The van der Waals surface area contributed by atoms with Crippen LogP contribution < -0.4 is 5.32 Å². The molecule has 308 valence electrons. The number of amides is 1. The van der Waals surface area contributed by atoms with Crippen molar-refractivity contribution in [3.8, 4) is 0 Å². The molecular weight excluding hydrogens is 659 g/mol. The van der Waals surface area contributed by atoms with Crippen LogP contribution in [0.3, 0.4) is 0 Å². The van der Waals surface area contributed by atoms with E-state index >= 15 is 0 Å². The first-order valence-corrected chi connectivity index (χ1v) is 22.4. The molecule has 0 aliphatic heterocycles. The minimum absolute atomic E-state index is 0.0542. The summed E-state index contributed by atoms with van der Waals surface area (Å²) < 4.78 is 5.41. The van der Waals surface area contributed by atoms with Crippen molar-refractivity contribution >= 4 is 11.9 Å². The standard InChI is InChI=1S/C47H85NO5/c1-3-5-7-9-11-13-15-16-17-18-20-25-29-33-37-41-47(52)53-42-38-34-30-26-22-21-24-28-32-36-40-46(51)48-44(43-49)45(50)39-35-31-27-23-19-14-12-10-8-6-4-2/h11,13,16-17,22,26,35,39,44-45,49-50H,3-10,12,14-15,18-21,23-25,27-34,36-38,40-43H2,1-2H3,(H,48,51)/b13-11-,17-16-,26-22-,39-35+. The molecule has 0 aliphatic rings. The monoisotopic (exact) mass is 744 g/mol. The molecule has 0 saturated heterocycles. The molecule has 2 atom stereocenters. The van der Waals surface area contributed by atoms with Crippen molar-refractivity contribution in [2.24, 2.45) is 0 Å². The number of carbonyl (C=O) groups is 2. The van der Waals surface area contributed by atoms with Crippen LogP contribution in [0.15, 0.2) is 48.6 Å². The van der Waals surface area contributed by atoms with Gasteiger partial charge in [-0.05, 0) is 89.9 Å². The number of ether oxygens (including phenoxy) is 1. The highest BCUT2D eigenvalue weighted by atomic mass is 16.5. The van der Waals surface area contributed by atoms with Crippen molar-refractivity contribution in [2.75, 3.05) is 13.2 Å². The van der Waals surface area contributed by atoms with E-state index in [9.17, 15) is 19.8 Å². The molecule has 0 aromatic rings. The molecule has 6 nitrogen and oxygen atoms in total. The summed E-state index contributed by atoms with van der Waals surface area (Å²) in [5, 5.41) is 22.9. The second-order valence-corrected chi connectivity index (χ2v) is 15.0. The van der Waals surface area contributed by atoms with E-state index in [1.165, 1.54) is 96.3 Å². The fourth-order valence-electron chi connectivity index (χ4n) is 6.30. The van der Waals surface area contributed by atoms with E-state index in [0.717, 1.165) is 89.9 Å². The van der Waals surface area contributed by atoms with Crippen molar-refractivity contribution in [1.29, 1.82) is 0 Å². The van der Waals surface area contributed by atoms with Crippen LogP contribution in [-0.2, 0) is 14.3 Å². The molecule has 0 bridgehead atoms. The van der Waals surface area contributed by atoms with E-state index in [4.69, 9.17) is 4.74 Å². The van der Waals surface area contributed by atoms with Crippen molar-refractivity contribution in [2.45, 2.75) is 225 Å². The van der Waals surface area contributed by atoms with Gasteiger partial charge in [-0.2, -0.15) is 0 Å². The zero-order valence-corrected chi connectivity index (χ0v) is 34.7. The predicted molar refractivity (Wildman–Crippen MR) is 227 cm³/mol. The second-order valence-electron chi connectivity index (χ2n) is 15.0. The molecule has 0 spiro atoms. The van der Waals surface area contributed by atoms with Gasteiger partial charge >= 0.3 is 5.97 Å². The fraction of sp³-hybridized carbons (Fsp3) is 0.787. The normalized spacial score (nSPS) is 13.2. The number of hydrogen-bond acceptors (Lipinski definition) is 5. The van der Waals surface area contributed by atoms with Crippen molar-refractivity contribution < 1.29 is 24.5 Å². The van der Waals surface area contributed by atoms with Crippen molar-refractivity contribution in [1.82, 2.24) is 5.32 Å². The zero-order chi connectivity index (χ0) is 38.7. The number of allylic oxidation sites excluding steroid dienone is 7. The molecule has 0 aliphatic carbocycles. The van der Waals surface area contributed by atoms with E-state index in [2.05, 4.69) is 55.6 Å². The first kappa shape index (κ1) is 50.8. The summed E-state index contributed by atoms with van der Waals surface area (Å²) in [5.41, 5.74) is 0. The highest BCUT2D eigenvalue weighted by Crippen LogP contribution is 2.12. The SMILES string of the molecule is CCCCC/C=C\C/C=C\CCCCCCCC(=O)OCCCC/C=C\CCCCCCC(=O)NC(CO)C(O)/C=C/CCCCCCCCCCC. The van der Waals surface area contributed by atoms with Gasteiger partial charge in [-0.3, -0.25) is 9.59 Å². The number of carbonyl (C=O) groups excluding carboxylic acids is 2. The van der Waals surface area contributed by atoms with E-state index in [-0.39, 0.29) is 18.5 Å². The van der Waals surface area contributed by atoms with E-state index in [0.29, 0.717) is 19.4 Å². The lowest BCUT2D eigenvalue weighted by Crippen LogP contribution is -2.45. The molecule has 0 aromatic carbocycles. The first-order chi connectivity index (χ1) is 26.0. The average molecular weight is 744 g/mol. The zero-order valence-electron chi connectivity index (χ0n) is 34.7. The largest absolute Gasteiger partial charge is 0.466 e. The summed E-state index contributed by atoms with van der Waals surface area (Å²) in [6.45, 7) is 4.74. The van der Waals surface area contributed by atoms with Crippen LogP contribution in [0, 0.1) is 0 Å². The Hall–Kier alpha value is -2.18. The summed E-state index contributed by atoms with van der Waals surface area (Å²) in [6, 6.07) is -0.653. The van der Waals surface area contributed by atoms with Gasteiger partial charge in [0.25, 0.3) is 0 Å². The number of aliphatic hydroxyl groups is 2. The third-order valence-corrected chi connectivity index (χ3v) is 9.81. The molecule has 3 N–H and O–H groups in total. The lowest BCUT2D eigenvalue weighted by atomic mass is 10.1. The van der Waals surface area contributed by atoms with Crippen molar-refractivity contribution in [3.05, 3.63) is 48.6 Å². The Labute approximate surface area is 327 Å². The molecule has 0 radical (unpaired) electrons. The van der Waals surface area contributed by atoms with Crippen LogP contribution in [0.5, 0.6) is 0 Å². The summed E-state index contributed by atoms with van der Waals surface area (Å²) in [5.74, 6) is -0.163. The molecule has 53 heavy (non-hydrogen) atoms. The van der Waals surface area contributed by atoms with Crippen LogP contribution in [0.4, 0.5) is 0 Å². The van der Waals surface area contributed by atoms with Crippen LogP contribution in [-0.4, -0.2) is 47.4 Å². The van der Waals surface area contributed by atoms with Gasteiger partial charge in [0, 0.05) is 12.8 Å². The maximum Gasteiger partial charge on any atom is 0.305 e. The Morgan fingerprint density at radius 3 is 1.49 bits per heavy atom. The van der Waals surface area contributed by atoms with Crippen molar-refractivity contribution in [3.63, 3.8) is 0 Å². The smallest absolute Gasteiger partial charge is 0.305 e. The average Bonchev–Trinajstić information content (AvgIpc) is 3.16. The fourth-order valence-corrected chi connectivity index (χ4v) is 6.30. The van der Waals surface area contributed by atoms with E-state index < -0.39 is 12.1 Å². The van der Waals surface area contributed by atoms with Crippen LogP contribution in [0.25, 0.3) is 0 Å². The summed E-state index contributed by atoms with van der Waals surface area (Å²) in [4.78, 5) is 24.3. The molecule has 1 amide bonds. The van der Waals surface area contributed by atoms with E-state index in [1.54, 1.807) is 6.08 Å². The number of esters is 1. The van der Waals surface area contributed by atoms with Gasteiger partial charge in [-0.25, -0.2) is 0 Å². The predicted octanol–water partition coefficient (Wildman–Crippen LogP) is 12.7. The maximum atomic E-state index is 12.3. The lowest BCUT2D eigenvalue weighted by Gasteiger charge is -2.20. The number of rotatable bonds is 40. The molecule has 0 rings (SSSR count). The highest BCUT2D eigenvalue weighted by Gasteiger charge is 2.17. The molecule has 2 unspecified atom stereocenters. The van der Waals surface area contributed by atoms with Gasteiger partial charge in [-0.15, -0.1) is 0 Å². The van der Waals surface area contributed by atoms with Gasteiger partial charge < -0.3 is 20.3 Å². The molecule has 6 heteroatoms. The van der Waals surface area contributed by atoms with Gasteiger partial charge in [0.2, 0.25) is 5.91 Å². The minimum atomic E-state index is -0.866. The Kier molecular flexibility index (Phi) is 40.8. The van der Waals surface area contributed by atoms with Crippen LogP contribution >= 0.6 is 0 Å². The Morgan fingerprint density at radius 2 is 0.943 bits per heavy atom. The van der Waals surface area contributed by atoms with E-state index in [1.807, 2.05) is 6.08 Å². The maximum absolute atomic E-state index is 12.3. The first-order valence-electron chi connectivity index (χ1n) is 22.4. The quantitative estimate of drug-likeness (QED) is 0.0330. The van der Waals surface area contributed by atoms with Gasteiger partial charge in [0.05, 0.1) is 25.4 Å². The Bertz CT molecular complexity index is 911. The second kappa shape index (κ2) is 42.6. The van der Waals surface area contributed by atoms with Gasteiger partial charge in [0.1, 0.15) is 0 Å². The van der Waals surface area contributed by atoms with Gasteiger partial charge in [-0.1, -0.05) is 159 Å². The molecule has 0 fully saturated rings. The number of hydrogen-bond donors (Lipinski definition) is 3. The topological polar surface area (TPSA) is 95.9 Å². The summed E-state index contributed by atoms with van der Waals surface area (Å²) in [7, 11) is 0. The summed E-state index contributed by atoms with van der Waals surface area (Å²) >= 11 is 0. The minimum Gasteiger partial charge on any atom is -0.466 e. The molecular formula is C47H85NO5. The number of aliphatic hydroxyl groups excluding tert-OH is 2. The van der Waals surface area contributed by atoms with Gasteiger partial charge in [0.15, 0.2) is 0 Å². The Balaban J connectivity index is 3.60. The Morgan fingerprint density at radius 1 is 0.528 bits per heavy atom. The lowest BCUT2D eigenvalue weighted by molar-refractivity contribution is -0.143. The third kappa shape index (κ3) is 39.3.